The monoisotopic (exact) mass is 419 g/mol. The van der Waals surface area contributed by atoms with Crippen molar-refractivity contribution >= 4 is 33.3 Å². The van der Waals surface area contributed by atoms with Crippen molar-refractivity contribution in [1.82, 2.24) is 5.32 Å². The number of benzene rings is 2. The van der Waals surface area contributed by atoms with Crippen molar-refractivity contribution in [1.29, 1.82) is 0 Å². The van der Waals surface area contributed by atoms with Gasteiger partial charge in [-0.2, -0.15) is 4.31 Å². The van der Waals surface area contributed by atoms with E-state index in [-0.39, 0.29) is 22.8 Å². The predicted octanol–water partition coefficient (Wildman–Crippen LogP) is 3.12. The number of carbonyl (C=O) groups is 2. The van der Waals surface area contributed by atoms with Crippen molar-refractivity contribution in [3.05, 3.63) is 54.3 Å². The third-order valence-corrected chi connectivity index (χ3v) is 6.23. The minimum absolute atomic E-state index is 0.00359. The molecule has 0 fully saturated rings. The molecule has 7 nitrogen and oxygen atoms in total. The standard InChI is InChI=1S/C20H22FN3O4S/c1-14(2)11-12-22-19(25)13-23-17-5-3-4-6-18(17)29(27,28)24(20(23)26)16-9-7-15(21)8-10-16/h3-10,14H,11-13H2,1-2H3,(H,22,25). The van der Waals surface area contributed by atoms with Gasteiger partial charge in [0.1, 0.15) is 17.3 Å². The van der Waals surface area contributed by atoms with Crippen LogP contribution in [0.1, 0.15) is 20.3 Å². The molecule has 0 aromatic heterocycles. The van der Waals surface area contributed by atoms with Crippen LogP contribution in [0.15, 0.2) is 53.4 Å². The summed E-state index contributed by atoms with van der Waals surface area (Å²) in [4.78, 5) is 26.5. The third-order valence-electron chi connectivity index (χ3n) is 4.49. The number of hydrogen-bond donors (Lipinski definition) is 1. The molecule has 0 bridgehead atoms. The minimum atomic E-state index is -4.21. The first-order valence-electron chi connectivity index (χ1n) is 9.20. The van der Waals surface area contributed by atoms with E-state index in [9.17, 15) is 22.4 Å². The number of urea groups is 1. The van der Waals surface area contributed by atoms with E-state index in [4.69, 9.17) is 0 Å². The van der Waals surface area contributed by atoms with Crippen LogP contribution >= 0.6 is 0 Å². The Hall–Kier alpha value is -2.94. The number of hydrogen-bond acceptors (Lipinski definition) is 4. The topological polar surface area (TPSA) is 86.8 Å². The van der Waals surface area contributed by atoms with Crippen LogP contribution in [0.25, 0.3) is 0 Å². The van der Waals surface area contributed by atoms with Crippen LogP contribution in [0.4, 0.5) is 20.6 Å². The third kappa shape index (κ3) is 4.24. The first-order valence-corrected chi connectivity index (χ1v) is 10.6. The Labute approximate surface area is 169 Å². The number of sulfonamides is 1. The molecule has 1 N–H and O–H groups in total. The number of rotatable bonds is 6. The summed E-state index contributed by atoms with van der Waals surface area (Å²) >= 11 is 0. The summed E-state index contributed by atoms with van der Waals surface area (Å²) in [5.41, 5.74) is 0.131. The van der Waals surface area contributed by atoms with Crippen LogP contribution in [0.3, 0.4) is 0 Å². The number of nitrogens with one attached hydrogen (secondary N) is 1. The second kappa shape index (κ2) is 8.20. The summed E-state index contributed by atoms with van der Waals surface area (Å²) in [7, 11) is -4.21. The van der Waals surface area contributed by atoms with Gasteiger partial charge in [0.2, 0.25) is 5.91 Å². The molecule has 0 spiro atoms. The van der Waals surface area contributed by atoms with Gasteiger partial charge in [-0.3, -0.25) is 9.69 Å². The fraction of sp³-hybridized carbons (Fsp3) is 0.300. The first-order chi connectivity index (χ1) is 13.7. The number of para-hydroxylation sites is 1. The zero-order valence-electron chi connectivity index (χ0n) is 16.1. The lowest BCUT2D eigenvalue weighted by molar-refractivity contribution is -0.119. The van der Waals surface area contributed by atoms with E-state index in [1.165, 1.54) is 30.3 Å². The van der Waals surface area contributed by atoms with Crippen molar-refractivity contribution in [3.8, 4) is 0 Å². The maximum atomic E-state index is 13.3. The quantitative estimate of drug-likeness (QED) is 0.779. The van der Waals surface area contributed by atoms with Gasteiger partial charge < -0.3 is 5.32 Å². The van der Waals surface area contributed by atoms with Gasteiger partial charge >= 0.3 is 6.03 Å². The van der Waals surface area contributed by atoms with Crippen molar-refractivity contribution < 1.29 is 22.4 Å². The van der Waals surface area contributed by atoms with Crippen LogP contribution in [0.5, 0.6) is 0 Å². The molecule has 0 aliphatic carbocycles. The number of carbonyl (C=O) groups excluding carboxylic acids is 2. The summed E-state index contributed by atoms with van der Waals surface area (Å²) in [5.74, 6) is -0.545. The highest BCUT2D eigenvalue weighted by Crippen LogP contribution is 2.36. The molecule has 0 radical (unpaired) electrons. The molecule has 1 aliphatic rings. The van der Waals surface area contributed by atoms with Gasteiger partial charge in [0, 0.05) is 6.54 Å². The molecule has 1 heterocycles. The highest BCUT2D eigenvalue weighted by atomic mass is 32.2. The molecule has 29 heavy (non-hydrogen) atoms. The van der Waals surface area contributed by atoms with E-state index < -0.39 is 27.8 Å². The fourth-order valence-electron chi connectivity index (χ4n) is 2.99. The van der Waals surface area contributed by atoms with Gasteiger partial charge in [-0.05, 0) is 48.7 Å². The lowest BCUT2D eigenvalue weighted by Crippen LogP contribution is -2.53. The van der Waals surface area contributed by atoms with Gasteiger partial charge in [0.05, 0.1) is 11.4 Å². The van der Waals surface area contributed by atoms with Crippen molar-refractivity contribution in [3.63, 3.8) is 0 Å². The molecule has 1 aliphatic heterocycles. The van der Waals surface area contributed by atoms with E-state index in [1.807, 2.05) is 13.8 Å². The van der Waals surface area contributed by atoms with Crippen LogP contribution in [0.2, 0.25) is 0 Å². The molecule has 2 aromatic carbocycles. The fourth-order valence-corrected chi connectivity index (χ4v) is 4.58. The van der Waals surface area contributed by atoms with E-state index in [2.05, 4.69) is 5.32 Å². The van der Waals surface area contributed by atoms with Crippen LogP contribution in [-0.2, 0) is 14.8 Å². The molecule has 0 atom stereocenters. The number of halogens is 1. The van der Waals surface area contributed by atoms with Crippen molar-refractivity contribution in [2.24, 2.45) is 5.92 Å². The number of nitrogens with zero attached hydrogens (tertiary/aromatic N) is 2. The van der Waals surface area contributed by atoms with Gasteiger partial charge in [-0.1, -0.05) is 26.0 Å². The Morgan fingerprint density at radius 2 is 1.76 bits per heavy atom. The highest BCUT2D eigenvalue weighted by molar-refractivity contribution is 7.94. The largest absolute Gasteiger partial charge is 0.355 e. The lowest BCUT2D eigenvalue weighted by Gasteiger charge is -2.35. The van der Waals surface area contributed by atoms with Crippen molar-refractivity contribution in [2.45, 2.75) is 25.2 Å². The van der Waals surface area contributed by atoms with Gasteiger partial charge in [0.25, 0.3) is 10.0 Å². The summed E-state index contributed by atoms with van der Waals surface area (Å²) in [6, 6.07) is 9.65. The second-order valence-corrected chi connectivity index (χ2v) is 8.87. The van der Waals surface area contributed by atoms with Gasteiger partial charge in [0.15, 0.2) is 0 Å². The maximum Gasteiger partial charge on any atom is 0.343 e. The molecule has 0 unspecified atom stereocenters. The molecule has 0 saturated heterocycles. The molecule has 3 amide bonds. The number of amides is 3. The molecule has 2 aromatic rings. The number of anilines is 2. The van der Waals surface area contributed by atoms with Crippen LogP contribution < -0.4 is 14.5 Å². The first kappa shape index (κ1) is 20.8. The minimum Gasteiger partial charge on any atom is -0.355 e. The summed E-state index contributed by atoms with van der Waals surface area (Å²) in [5, 5.41) is 2.75. The Morgan fingerprint density at radius 1 is 1.10 bits per heavy atom. The molecular weight excluding hydrogens is 397 g/mol. The van der Waals surface area contributed by atoms with Crippen LogP contribution in [0, 0.1) is 11.7 Å². The van der Waals surface area contributed by atoms with E-state index in [0.29, 0.717) is 16.8 Å². The summed E-state index contributed by atoms with van der Waals surface area (Å²) in [6.45, 7) is 4.19. The normalized spacial score (nSPS) is 15.4. The Bertz CT molecular complexity index is 1020. The second-order valence-electron chi connectivity index (χ2n) is 7.11. The molecular formula is C20H22FN3O4S. The lowest BCUT2D eigenvalue weighted by atomic mass is 10.1. The van der Waals surface area contributed by atoms with Crippen molar-refractivity contribution in [2.75, 3.05) is 22.3 Å². The zero-order valence-corrected chi connectivity index (χ0v) is 16.9. The average Bonchev–Trinajstić information content (AvgIpc) is 2.66. The molecule has 154 valence electrons. The van der Waals surface area contributed by atoms with Crippen LogP contribution in [-0.4, -0.2) is 33.4 Å². The highest BCUT2D eigenvalue weighted by Gasteiger charge is 2.42. The van der Waals surface area contributed by atoms with Gasteiger partial charge in [-0.25, -0.2) is 17.6 Å². The average molecular weight is 419 g/mol. The SMILES string of the molecule is CC(C)CCNC(=O)CN1C(=O)N(c2ccc(F)cc2)S(=O)(=O)c2ccccc21. The maximum absolute atomic E-state index is 13.3. The molecule has 3 rings (SSSR count). The Kier molecular flexibility index (Phi) is 5.88. The van der Waals surface area contributed by atoms with E-state index >= 15 is 0 Å². The summed E-state index contributed by atoms with van der Waals surface area (Å²) in [6.07, 6.45) is 0.784. The number of fused-ring (bicyclic) bond motifs is 1. The Morgan fingerprint density at radius 3 is 2.41 bits per heavy atom. The van der Waals surface area contributed by atoms with E-state index in [1.54, 1.807) is 6.07 Å². The molecule has 0 saturated carbocycles. The zero-order chi connectivity index (χ0) is 21.2. The smallest absolute Gasteiger partial charge is 0.343 e. The van der Waals surface area contributed by atoms with Gasteiger partial charge in [-0.15, -0.1) is 0 Å². The molecule has 9 heteroatoms. The predicted molar refractivity (Wildman–Crippen MR) is 108 cm³/mol. The summed E-state index contributed by atoms with van der Waals surface area (Å²) < 4.78 is 40.0. The Balaban J connectivity index is 1.97. The van der Waals surface area contributed by atoms with E-state index in [0.717, 1.165) is 23.5 Å².